The van der Waals surface area contributed by atoms with E-state index in [0.717, 1.165) is 34.8 Å². The van der Waals surface area contributed by atoms with Gasteiger partial charge in [0.25, 0.3) is 0 Å². The Morgan fingerprint density at radius 1 is 1.13 bits per heavy atom. The summed E-state index contributed by atoms with van der Waals surface area (Å²) in [4.78, 5) is 5.11. The van der Waals surface area contributed by atoms with E-state index in [0.29, 0.717) is 24.8 Å². The summed E-state index contributed by atoms with van der Waals surface area (Å²) in [6.45, 7) is 1.14. The summed E-state index contributed by atoms with van der Waals surface area (Å²) in [5.74, 6) is 2.83. The predicted octanol–water partition coefficient (Wildman–Crippen LogP) is 3.49. The number of aliphatic imine (C=N–C) groups is 1. The van der Waals surface area contributed by atoms with Crippen molar-refractivity contribution in [3.63, 3.8) is 0 Å². The van der Waals surface area contributed by atoms with Crippen LogP contribution in [-0.4, -0.2) is 42.7 Å². The molecule has 1 aliphatic carbocycles. The van der Waals surface area contributed by atoms with Gasteiger partial charge in [0.2, 0.25) is 0 Å². The number of hydrogen-bond donors (Lipinski definition) is 2. The minimum atomic E-state index is -1.03. The zero-order chi connectivity index (χ0) is 21.2. The van der Waals surface area contributed by atoms with E-state index in [1.807, 2.05) is 48.5 Å². The average Bonchev–Trinajstić information content (AvgIpc) is 3.30. The SMILES string of the molecule is CN=C(NCCS(=O)c1ccccc1)NCc1ccc(OC)cc1OC1CCCC1. The smallest absolute Gasteiger partial charge is 0.191 e. The van der Waals surface area contributed by atoms with E-state index >= 15 is 0 Å². The number of ether oxygens (including phenoxy) is 2. The number of benzene rings is 2. The molecule has 0 amide bonds. The third kappa shape index (κ3) is 6.49. The minimum Gasteiger partial charge on any atom is -0.497 e. The third-order valence-corrected chi connectivity index (χ3v) is 6.50. The van der Waals surface area contributed by atoms with Crippen LogP contribution >= 0.6 is 0 Å². The van der Waals surface area contributed by atoms with Crippen LogP contribution in [0.1, 0.15) is 31.2 Å². The predicted molar refractivity (Wildman–Crippen MR) is 122 cm³/mol. The van der Waals surface area contributed by atoms with Crippen LogP contribution in [0.25, 0.3) is 0 Å². The number of rotatable bonds is 9. The average molecular weight is 430 g/mol. The van der Waals surface area contributed by atoms with Crippen LogP contribution in [0, 0.1) is 0 Å². The van der Waals surface area contributed by atoms with Gasteiger partial charge in [-0.1, -0.05) is 18.2 Å². The zero-order valence-corrected chi connectivity index (χ0v) is 18.5. The maximum Gasteiger partial charge on any atom is 0.191 e. The van der Waals surface area contributed by atoms with Gasteiger partial charge in [-0.25, -0.2) is 0 Å². The quantitative estimate of drug-likeness (QED) is 0.472. The first-order valence-corrected chi connectivity index (χ1v) is 11.7. The van der Waals surface area contributed by atoms with Crippen molar-refractivity contribution in [2.45, 2.75) is 43.2 Å². The molecule has 0 aliphatic heterocycles. The lowest BCUT2D eigenvalue weighted by atomic mass is 10.2. The third-order valence-electron chi connectivity index (χ3n) is 5.13. The Bertz CT molecular complexity index is 852. The van der Waals surface area contributed by atoms with E-state index in [2.05, 4.69) is 15.6 Å². The van der Waals surface area contributed by atoms with Crippen LogP contribution < -0.4 is 20.1 Å². The van der Waals surface area contributed by atoms with Crippen molar-refractivity contribution >= 4 is 16.8 Å². The monoisotopic (exact) mass is 429 g/mol. The van der Waals surface area contributed by atoms with Gasteiger partial charge in [-0.3, -0.25) is 9.20 Å². The highest BCUT2D eigenvalue weighted by Crippen LogP contribution is 2.29. The van der Waals surface area contributed by atoms with Gasteiger partial charge in [-0.2, -0.15) is 0 Å². The van der Waals surface area contributed by atoms with Gasteiger partial charge in [0, 0.05) is 42.4 Å². The van der Waals surface area contributed by atoms with Crippen LogP contribution in [0.4, 0.5) is 0 Å². The molecule has 6 nitrogen and oxygen atoms in total. The largest absolute Gasteiger partial charge is 0.497 e. The Hall–Kier alpha value is -2.54. The lowest BCUT2D eigenvalue weighted by Gasteiger charge is -2.19. The molecule has 2 aromatic carbocycles. The molecule has 0 aromatic heterocycles. The molecule has 1 atom stereocenters. The normalized spacial score (nSPS) is 15.6. The first kappa shape index (κ1) is 22.2. The molecule has 2 N–H and O–H groups in total. The highest BCUT2D eigenvalue weighted by Gasteiger charge is 2.18. The van der Waals surface area contributed by atoms with E-state index in [1.54, 1.807) is 14.2 Å². The summed E-state index contributed by atoms with van der Waals surface area (Å²) in [6, 6.07) is 15.4. The summed E-state index contributed by atoms with van der Waals surface area (Å²) in [6.07, 6.45) is 4.94. The number of nitrogens with one attached hydrogen (secondary N) is 2. The Morgan fingerprint density at radius 2 is 1.90 bits per heavy atom. The number of nitrogens with zero attached hydrogens (tertiary/aromatic N) is 1. The minimum absolute atomic E-state index is 0.279. The zero-order valence-electron chi connectivity index (χ0n) is 17.7. The number of guanidine groups is 1. The summed E-state index contributed by atoms with van der Waals surface area (Å²) >= 11 is 0. The van der Waals surface area contributed by atoms with Crippen molar-refractivity contribution in [1.29, 1.82) is 0 Å². The van der Waals surface area contributed by atoms with Crippen molar-refractivity contribution in [2.24, 2.45) is 4.99 Å². The molecule has 0 heterocycles. The van der Waals surface area contributed by atoms with E-state index in [9.17, 15) is 4.21 Å². The van der Waals surface area contributed by atoms with Crippen LogP contribution in [0.15, 0.2) is 58.4 Å². The van der Waals surface area contributed by atoms with Crippen molar-refractivity contribution in [1.82, 2.24) is 10.6 Å². The Labute approximate surface area is 181 Å². The molecule has 30 heavy (non-hydrogen) atoms. The number of methoxy groups -OCH3 is 1. The molecular formula is C23H31N3O3S. The molecule has 0 bridgehead atoms. The molecule has 1 fully saturated rings. The van der Waals surface area contributed by atoms with Gasteiger partial charge in [0.15, 0.2) is 5.96 Å². The van der Waals surface area contributed by atoms with Crippen LogP contribution in [-0.2, 0) is 17.3 Å². The maximum atomic E-state index is 12.3. The lowest BCUT2D eigenvalue weighted by molar-refractivity contribution is 0.207. The van der Waals surface area contributed by atoms with Crippen molar-refractivity contribution in [2.75, 3.05) is 26.5 Å². The molecule has 0 radical (unpaired) electrons. The van der Waals surface area contributed by atoms with Crippen LogP contribution in [0.5, 0.6) is 11.5 Å². The topological polar surface area (TPSA) is 72.0 Å². The fraction of sp³-hybridized carbons (Fsp3) is 0.435. The summed E-state index contributed by atoms with van der Waals surface area (Å²) < 4.78 is 24.0. The number of hydrogen-bond acceptors (Lipinski definition) is 4. The van der Waals surface area contributed by atoms with Crippen LogP contribution in [0.2, 0.25) is 0 Å². The fourth-order valence-electron chi connectivity index (χ4n) is 3.46. The first-order valence-electron chi connectivity index (χ1n) is 10.4. The van der Waals surface area contributed by atoms with Crippen molar-refractivity contribution < 1.29 is 13.7 Å². The van der Waals surface area contributed by atoms with Gasteiger partial charge >= 0.3 is 0 Å². The van der Waals surface area contributed by atoms with Gasteiger partial charge in [-0.05, 0) is 49.9 Å². The molecule has 2 aromatic rings. The van der Waals surface area contributed by atoms with Gasteiger partial charge in [-0.15, -0.1) is 0 Å². The van der Waals surface area contributed by atoms with Crippen molar-refractivity contribution in [3.05, 3.63) is 54.1 Å². The Kier molecular flexibility index (Phi) is 8.56. The molecule has 1 unspecified atom stereocenters. The Balaban J connectivity index is 1.53. The van der Waals surface area contributed by atoms with E-state index in [4.69, 9.17) is 9.47 Å². The van der Waals surface area contributed by atoms with Crippen molar-refractivity contribution in [3.8, 4) is 11.5 Å². The summed E-state index contributed by atoms with van der Waals surface area (Å²) in [7, 11) is 2.36. The second kappa shape index (κ2) is 11.6. The van der Waals surface area contributed by atoms with E-state index < -0.39 is 10.8 Å². The second-order valence-electron chi connectivity index (χ2n) is 7.21. The molecule has 1 saturated carbocycles. The first-order chi connectivity index (χ1) is 14.7. The molecule has 162 valence electrons. The molecule has 0 spiro atoms. The lowest BCUT2D eigenvalue weighted by Crippen LogP contribution is -2.38. The highest BCUT2D eigenvalue weighted by atomic mass is 32.2. The van der Waals surface area contributed by atoms with E-state index in [1.165, 1.54) is 12.8 Å². The summed E-state index contributed by atoms with van der Waals surface area (Å²) in [5.41, 5.74) is 1.05. The molecule has 1 aliphatic rings. The molecule has 3 rings (SSSR count). The molecule has 7 heteroatoms. The van der Waals surface area contributed by atoms with Crippen LogP contribution in [0.3, 0.4) is 0 Å². The molecular weight excluding hydrogens is 398 g/mol. The second-order valence-corrected chi connectivity index (χ2v) is 8.78. The van der Waals surface area contributed by atoms with Gasteiger partial charge in [0.1, 0.15) is 11.5 Å². The fourth-order valence-corrected chi connectivity index (χ4v) is 4.44. The van der Waals surface area contributed by atoms with Gasteiger partial charge < -0.3 is 20.1 Å². The maximum absolute atomic E-state index is 12.3. The Morgan fingerprint density at radius 3 is 2.60 bits per heavy atom. The summed E-state index contributed by atoms with van der Waals surface area (Å²) in [5, 5.41) is 6.56. The molecule has 0 saturated heterocycles. The van der Waals surface area contributed by atoms with E-state index in [-0.39, 0.29) is 6.10 Å². The standard InChI is InChI=1S/C23H31N3O3S/c1-24-23(25-14-15-30(27)21-10-4-3-5-11-21)26-17-18-12-13-20(28-2)16-22(18)29-19-8-6-7-9-19/h3-5,10-13,16,19H,6-9,14-15,17H2,1-2H3,(H2,24,25,26). The van der Waals surface area contributed by atoms with Gasteiger partial charge in [0.05, 0.1) is 24.0 Å². The highest BCUT2D eigenvalue weighted by molar-refractivity contribution is 7.85.